The van der Waals surface area contributed by atoms with Crippen LogP contribution >= 0.6 is 0 Å². The standard InChI is InChI=1S/C10H15N3O3/c11-3-4-12-9(14)7-13-5-1-2-8(6-13)10(15)16/h8H,1-2,4-7H2,(H,12,14)(H,15,16). The van der Waals surface area contributed by atoms with Gasteiger partial charge in [-0.2, -0.15) is 5.26 Å². The Morgan fingerprint density at radius 3 is 2.94 bits per heavy atom. The first kappa shape index (κ1) is 12.5. The molecule has 1 atom stereocenters. The number of nitrogens with zero attached hydrogens (tertiary/aromatic N) is 2. The number of aliphatic carboxylic acids is 1. The molecular formula is C10H15N3O3. The van der Waals surface area contributed by atoms with Crippen molar-refractivity contribution in [3.8, 4) is 6.07 Å². The van der Waals surface area contributed by atoms with Gasteiger partial charge in [0, 0.05) is 6.54 Å². The Morgan fingerprint density at radius 2 is 2.31 bits per heavy atom. The second-order valence-electron chi connectivity index (χ2n) is 3.85. The number of nitrogens with one attached hydrogen (secondary N) is 1. The number of amides is 1. The largest absolute Gasteiger partial charge is 0.481 e. The number of carboxylic acid groups (broad SMARTS) is 1. The maximum Gasteiger partial charge on any atom is 0.307 e. The highest BCUT2D eigenvalue weighted by Crippen LogP contribution is 2.15. The van der Waals surface area contributed by atoms with Crippen molar-refractivity contribution in [1.82, 2.24) is 10.2 Å². The molecule has 16 heavy (non-hydrogen) atoms. The molecule has 0 spiro atoms. The fraction of sp³-hybridized carbons (Fsp3) is 0.700. The summed E-state index contributed by atoms with van der Waals surface area (Å²) in [4.78, 5) is 23.9. The first-order chi connectivity index (χ1) is 7.63. The second-order valence-corrected chi connectivity index (χ2v) is 3.85. The lowest BCUT2D eigenvalue weighted by Crippen LogP contribution is -2.44. The number of nitriles is 1. The lowest BCUT2D eigenvalue weighted by Gasteiger charge is -2.29. The summed E-state index contributed by atoms with van der Waals surface area (Å²) in [5.74, 6) is -1.41. The second kappa shape index (κ2) is 6.08. The fourth-order valence-corrected chi connectivity index (χ4v) is 1.80. The Bertz CT molecular complexity index is 311. The van der Waals surface area contributed by atoms with Gasteiger partial charge in [-0.3, -0.25) is 14.5 Å². The molecule has 1 saturated heterocycles. The van der Waals surface area contributed by atoms with Crippen molar-refractivity contribution < 1.29 is 14.7 Å². The van der Waals surface area contributed by atoms with Gasteiger partial charge in [0.15, 0.2) is 0 Å². The molecule has 1 aliphatic rings. The van der Waals surface area contributed by atoms with E-state index in [0.717, 1.165) is 13.0 Å². The van der Waals surface area contributed by atoms with Gasteiger partial charge in [-0.15, -0.1) is 0 Å². The van der Waals surface area contributed by atoms with E-state index in [1.807, 2.05) is 11.0 Å². The van der Waals surface area contributed by atoms with Crippen LogP contribution in [0.25, 0.3) is 0 Å². The smallest absolute Gasteiger partial charge is 0.307 e. The van der Waals surface area contributed by atoms with E-state index in [1.165, 1.54) is 0 Å². The first-order valence-electron chi connectivity index (χ1n) is 5.22. The zero-order chi connectivity index (χ0) is 12.0. The molecule has 1 aliphatic heterocycles. The highest BCUT2D eigenvalue weighted by atomic mass is 16.4. The molecule has 0 bridgehead atoms. The molecular weight excluding hydrogens is 210 g/mol. The van der Waals surface area contributed by atoms with E-state index in [9.17, 15) is 9.59 Å². The van der Waals surface area contributed by atoms with E-state index in [0.29, 0.717) is 13.0 Å². The van der Waals surface area contributed by atoms with Gasteiger partial charge in [-0.1, -0.05) is 0 Å². The zero-order valence-corrected chi connectivity index (χ0v) is 8.98. The molecule has 0 aromatic heterocycles. The van der Waals surface area contributed by atoms with Crippen molar-refractivity contribution in [3.63, 3.8) is 0 Å². The van der Waals surface area contributed by atoms with Gasteiger partial charge in [0.1, 0.15) is 6.54 Å². The lowest BCUT2D eigenvalue weighted by atomic mass is 9.98. The molecule has 0 aliphatic carbocycles. The minimum absolute atomic E-state index is 0.00493. The molecule has 0 radical (unpaired) electrons. The summed E-state index contributed by atoms with van der Waals surface area (Å²) >= 11 is 0. The maximum atomic E-state index is 11.3. The summed E-state index contributed by atoms with van der Waals surface area (Å²) in [6.07, 6.45) is 1.47. The van der Waals surface area contributed by atoms with Gasteiger partial charge >= 0.3 is 5.97 Å². The summed E-state index contributed by atoms with van der Waals surface area (Å²) in [6.45, 7) is 1.32. The van der Waals surface area contributed by atoms with Gasteiger partial charge in [0.05, 0.1) is 18.5 Å². The van der Waals surface area contributed by atoms with E-state index in [2.05, 4.69) is 5.32 Å². The van der Waals surface area contributed by atoms with Crippen molar-refractivity contribution in [2.75, 3.05) is 26.2 Å². The number of hydrogen-bond donors (Lipinski definition) is 2. The molecule has 1 heterocycles. The van der Waals surface area contributed by atoms with Crippen LogP contribution in [0.3, 0.4) is 0 Å². The van der Waals surface area contributed by atoms with Crippen molar-refractivity contribution >= 4 is 11.9 Å². The summed E-state index contributed by atoms with van der Waals surface area (Å²) in [5.41, 5.74) is 0. The molecule has 2 N–H and O–H groups in total. The maximum absolute atomic E-state index is 11.3. The molecule has 0 aromatic rings. The topological polar surface area (TPSA) is 93.4 Å². The summed E-state index contributed by atoms with van der Waals surface area (Å²) < 4.78 is 0. The molecule has 0 saturated carbocycles. The van der Waals surface area contributed by atoms with Crippen LogP contribution in [0.4, 0.5) is 0 Å². The third kappa shape index (κ3) is 3.87. The number of hydrogen-bond acceptors (Lipinski definition) is 4. The number of likely N-dealkylation sites (tertiary alicyclic amines) is 1. The molecule has 0 aromatic carbocycles. The van der Waals surface area contributed by atoms with Crippen molar-refractivity contribution in [2.24, 2.45) is 5.92 Å². The monoisotopic (exact) mass is 225 g/mol. The minimum atomic E-state index is -0.804. The van der Waals surface area contributed by atoms with E-state index in [1.54, 1.807) is 0 Å². The Balaban J connectivity index is 2.34. The summed E-state index contributed by atoms with van der Waals surface area (Å²) in [7, 11) is 0. The average Bonchev–Trinajstić information content (AvgIpc) is 2.26. The van der Waals surface area contributed by atoms with Crippen molar-refractivity contribution in [3.05, 3.63) is 0 Å². The number of piperidine rings is 1. The van der Waals surface area contributed by atoms with E-state index in [4.69, 9.17) is 10.4 Å². The summed E-state index contributed by atoms with van der Waals surface area (Å²) in [5, 5.41) is 19.6. The number of rotatable bonds is 4. The number of carboxylic acids is 1. The SMILES string of the molecule is N#CCNC(=O)CN1CCCC(C(=O)O)C1. The normalized spacial score (nSPS) is 21.1. The Labute approximate surface area is 93.8 Å². The Hall–Kier alpha value is -1.61. The molecule has 1 fully saturated rings. The quantitative estimate of drug-likeness (QED) is 0.624. The van der Waals surface area contributed by atoms with E-state index >= 15 is 0 Å². The van der Waals surface area contributed by atoms with Crippen LogP contribution in [-0.4, -0.2) is 48.1 Å². The van der Waals surface area contributed by atoms with Gasteiger partial charge in [0.2, 0.25) is 5.91 Å². The molecule has 88 valence electrons. The molecule has 1 amide bonds. The van der Waals surface area contributed by atoms with Crippen LogP contribution in [0.1, 0.15) is 12.8 Å². The average molecular weight is 225 g/mol. The number of carbonyl (C=O) groups is 2. The minimum Gasteiger partial charge on any atom is -0.481 e. The van der Waals surface area contributed by atoms with E-state index < -0.39 is 5.97 Å². The van der Waals surface area contributed by atoms with Gasteiger partial charge in [-0.25, -0.2) is 0 Å². The predicted molar refractivity (Wildman–Crippen MR) is 55.4 cm³/mol. The van der Waals surface area contributed by atoms with Crippen LogP contribution in [0, 0.1) is 17.2 Å². The van der Waals surface area contributed by atoms with Crippen LogP contribution in [0.2, 0.25) is 0 Å². The van der Waals surface area contributed by atoms with Crippen LogP contribution in [0.15, 0.2) is 0 Å². The molecule has 6 nitrogen and oxygen atoms in total. The first-order valence-corrected chi connectivity index (χ1v) is 5.22. The lowest BCUT2D eigenvalue weighted by molar-refractivity contribution is -0.144. The highest BCUT2D eigenvalue weighted by molar-refractivity contribution is 5.78. The summed E-state index contributed by atoms with van der Waals surface area (Å²) in [6, 6.07) is 1.82. The fourth-order valence-electron chi connectivity index (χ4n) is 1.80. The number of carbonyl (C=O) groups excluding carboxylic acids is 1. The van der Waals surface area contributed by atoms with Gasteiger partial charge < -0.3 is 10.4 Å². The molecule has 6 heteroatoms. The Morgan fingerprint density at radius 1 is 1.56 bits per heavy atom. The Kier molecular flexibility index (Phi) is 4.73. The van der Waals surface area contributed by atoms with Crippen LogP contribution in [0.5, 0.6) is 0 Å². The van der Waals surface area contributed by atoms with E-state index in [-0.39, 0.29) is 24.9 Å². The van der Waals surface area contributed by atoms with Crippen molar-refractivity contribution in [2.45, 2.75) is 12.8 Å². The highest BCUT2D eigenvalue weighted by Gasteiger charge is 2.26. The zero-order valence-electron chi connectivity index (χ0n) is 8.98. The molecule has 1 rings (SSSR count). The van der Waals surface area contributed by atoms with Gasteiger partial charge in [0.25, 0.3) is 0 Å². The van der Waals surface area contributed by atoms with Crippen molar-refractivity contribution in [1.29, 1.82) is 5.26 Å². The predicted octanol–water partition coefficient (Wildman–Crippen LogP) is -0.577. The third-order valence-corrected chi connectivity index (χ3v) is 2.59. The van der Waals surface area contributed by atoms with Crippen LogP contribution in [-0.2, 0) is 9.59 Å². The van der Waals surface area contributed by atoms with Crippen LogP contribution < -0.4 is 5.32 Å². The third-order valence-electron chi connectivity index (χ3n) is 2.59. The van der Waals surface area contributed by atoms with Gasteiger partial charge in [-0.05, 0) is 19.4 Å². The molecule has 1 unspecified atom stereocenters.